The number of methoxy groups -OCH3 is 1. The minimum absolute atomic E-state index is 0.0472. The Morgan fingerprint density at radius 1 is 1.44 bits per heavy atom. The Kier molecular flexibility index (Phi) is 4.24. The Bertz CT molecular complexity index is 462. The first-order valence-corrected chi connectivity index (χ1v) is 7.16. The molecule has 1 heterocycles. The molecule has 1 aliphatic heterocycles. The highest BCUT2D eigenvalue weighted by molar-refractivity contribution is 7.99. The SMILES string of the molecule is COc1cc(N)c(Cl)cc1C(=O)N1CCSCC1. The standard InChI is InChI=1S/C12H15ClN2O2S/c1-17-11-7-10(14)9(13)6-8(11)12(16)15-2-4-18-5-3-15/h6-7H,2-5,14H2,1H3. The number of hydrogen-bond acceptors (Lipinski definition) is 4. The van der Waals surface area contributed by atoms with Crippen LogP contribution in [0.3, 0.4) is 0 Å². The summed E-state index contributed by atoms with van der Waals surface area (Å²) in [6.07, 6.45) is 0. The van der Waals surface area contributed by atoms with E-state index in [1.165, 1.54) is 7.11 Å². The van der Waals surface area contributed by atoms with Gasteiger partial charge in [0, 0.05) is 30.7 Å². The molecule has 0 unspecified atom stereocenters. The maximum absolute atomic E-state index is 12.4. The number of anilines is 1. The second-order valence-electron chi connectivity index (χ2n) is 3.98. The minimum atomic E-state index is -0.0472. The molecule has 0 aromatic heterocycles. The summed E-state index contributed by atoms with van der Waals surface area (Å²) >= 11 is 7.83. The molecule has 18 heavy (non-hydrogen) atoms. The number of amides is 1. The number of rotatable bonds is 2. The highest BCUT2D eigenvalue weighted by atomic mass is 35.5. The zero-order chi connectivity index (χ0) is 13.1. The fourth-order valence-corrected chi connectivity index (χ4v) is 2.91. The first-order chi connectivity index (χ1) is 8.63. The lowest BCUT2D eigenvalue weighted by atomic mass is 10.1. The van der Waals surface area contributed by atoms with Crippen molar-refractivity contribution in [2.24, 2.45) is 0 Å². The third kappa shape index (κ3) is 2.67. The molecule has 1 fully saturated rings. The highest BCUT2D eigenvalue weighted by Gasteiger charge is 2.22. The van der Waals surface area contributed by atoms with Crippen molar-refractivity contribution in [3.8, 4) is 5.75 Å². The second kappa shape index (κ2) is 5.71. The van der Waals surface area contributed by atoms with Crippen LogP contribution in [0.2, 0.25) is 5.02 Å². The third-order valence-electron chi connectivity index (χ3n) is 2.85. The van der Waals surface area contributed by atoms with E-state index in [2.05, 4.69) is 0 Å². The third-order valence-corrected chi connectivity index (χ3v) is 4.12. The van der Waals surface area contributed by atoms with Gasteiger partial charge in [0.15, 0.2) is 0 Å². The van der Waals surface area contributed by atoms with Crippen LogP contribution in [0.15, 0.2) is 12.1 Å². The molecule has 2 N–H and O–H groups in total. The van der Waals surface area contributed by atoms with Gasteiger partial charge in [-0.25, -0.2) is 0 Å². The number of halogens is 1. The number of nitrogens with zero attached hydrogens (tertiary/aromatic N) is 1. The molecule has 2 rings (SSSR count). The Hall–Kier alpha value is -1.07. The molecule has 1 aromatic rings. The summed E-state index contributed by atoms with van der Waals surface area (Å²) in [6.45, 7) is 1.52. The van der Waals surface area contributed by atoms with E-state index in [0.29, 0.717) is 22.0 Å². The number of ether oxygens (including phenoxy) is 1. The van der Waals surface area contributed by atoms with E-state index in [1.54, 1.807) is 12.1 Å². The molecule has 1 aromatic carbocycles. The fraction of sp³-hybridized carbons (Fsp3) is 0.417. The normalized spacial score (nSPS) is 15.6. The smallest absolute Gasteiger partial charge is 0.257 e. The molecule has 98 valence electrons. The quantitative estimate of drug-likeness (QED) is 0.846. The minimum Gasteiger partial charge on any atom is -0.496 e. The van der Waals surface area contributed by atoms with Crippen LogP contribution in [0.1, 0.15) is 10.4 Å². The monoisotopic (exact) mass is 286 g/mol. The van der Waals surface area contributed by atoms with Crippen molar-refractivity contribution >= 4 is 35.0 Å². The molecular formula is C12H15ClN2O2S. The van der Waals surface area contributed by atoms with E-state index in [4.69, 9.17) is 22.1 Å². The molecule has 0 bridgehead atoms. The molecule has 0 radical (unpaired) electrons. The topological polar surface area (TPSA) is 55.6 Å². The van der Waals surface area contributed by atoms with Crippen LogP contribution in [0.4, 0.5) is 5.69 Å². The summed E-state index contributed by atoms with van der Waals surface area (Å²) in [7, 11) is 1.52. The fourth-order valence-electron chi connectivity index (χ4n) is 1.84. The molecule has 0 atom stereocenters. The average molecular weight is 287 g/mol. The number of nitrogen functional groups attached to an aromatic ring is 1. The first kappa shape index (κ1) is 13.4. The van der Waals surface area contributed by atoms with Gasteiger partial charge in [0.1, 0.15) is 5.75 Å². The molecule has 4 nitrogen and oxygen atoms in total. The summed E-state index contributed by atoms with van der Waals surface area (Å²) in [5.41, 5.74) is 6.60. The predicted octanol–water partition coefficient (Wildman–Crippen LogP) is 2.12. The van der Waals surface area contributed by atoms with Gasteiger partial charge in [0.2, 0.25) is 0 Å². The van der Waals surface area contributed by atoms with Crippen molar-refractivity contribution in [2.75, 3.05) is 37.4 Å². The average Bonchev–Trinajstić information content (AvgIpc) is 2.41. The van der Waals surface area contributed by atoms with Crippen LogP contribution in [0, 0.1) is 0 Å². The zero-order valence-electron chi connectivity index (χ0n) is 10.1. The van der Waals surface area contributed by atoms with Crippen LogP contribution < -0.4 is 10.5 Å². The van der Waals surface area contributed by atoms with Crippen LogP contribution in [-0.4, -0.2) is 42.5 Å². The molecule has 0 aliphatic carbocycles. The van der Waals surface area contributed by atoms with Crippen molar-refractivity contribution < 1.29 is 9.53 Å². The van der Waals surface area contributed by atoms with Gasteiger partial charge in [-0.1, -0.05) is 11.6 Å². The summed E-state index contributed by atoms with van der Waals surface area (Å²) in [6, 6.07) is 3.17. The van der Waals surface area contributed by atoms with Crippen LogP contribution >= 0.6 is 23.4 Å². The molecule has 1 amide bonds. The van der Waals surface area contributed by atoms with E-state index < -0.39 is 0 Å². The maximum atomic E-state index is 12.4. The Morgan fingerprint density at radius 2 is 2.11 bits per heavy atom. The second-order valence-corrected chi connectivity index (χ2v) is 5.61. The molecule has 1 saturated heterocycles. The van der Waals surface area contributed by atoms with E-state index in [9.17, 15) is 4.79 Å². The van der Waals surface area contributed by atoms with Crippen molar-refractivity contribution in [3.63, 3.8) is 0 Å². The van der Waals surface area contributed by atoms with E-state index >= 15 is 0 Å². The van der Waals surface area contributed by atoms with Gasteiger partial charge in [-0.05, 0) is 6.07 Å². The highest BCUT2D eigenvalue weighted by Crippen LogP contribution is 2.30. The number of carbonyl (C=O) groups excluding carboxylic acids is 1. The Labute approximate surface area is 115 Å². The van der Waals surface area contributed by atoms with E-state index in [0.717, 1.165) is 24.6 Å². The van der Waals surface area contributed by atoms with Gasteiger partial charge in [0.05, 0.1) is 23.4 Å². The molecule has 6 heteroatoms. The lowest BCUT2D eigenvalue weighted by molar-refractivity contribution is 0.0769. The van der Waals surface area contributed by atoms with Gasteiger partial charge in [0.25, 0.3) is 5.91 Å². The number of nitrogens with two attached hydrogens (primary N) is 1. The summed E-state index contributed by atoms with van der Waals surface area (Å²) in [5.74, 6) is 2.36. The Morgan fingerprint density at radius 3 is 2.72 bits per heavy atom. The molecule has 0 saturated carbocycles. The van der Waals surface area contributed by atoms with E-state index in [-0.39, 0.29) is 5.91 Å². The van der Waals surface area contributed by atoms with Crippen molar-refractivity contribution in [1.29, 1.82) is 0 Å². The summed E-state index contributed by atoms with van der Waals surface area (Å²) in [5, 5.41) is 0.380. The number of benzene rings is 1. The number of carbonyl (C=O) groups is 1. The zero-order valence-corrected chi connectivity index (χ0v) is 11.7. The molecule has 0 spiro atoms. The van der Waals surface area contributed by atoms with Crippen LogP contribution in [0.5, 0.6) is 5.75 Å². The number of hydrogen-bond donors (Lipinski definition) is 1. The van der Waals surface area contributed by atoms with Gasteiger partial charge >= 0.3 is 0 Å². The van der Waals surface area contributed by atoms with Gasteiger partial charge in [-0.3, -0.25) is 4.79 Å². The van der Waals surface area contributed by atoms with Crippen molar-refractivity contribution in [2.45, 2.75) is 0 Å². The first-order valence-electron chi connectivity index (χ1n) is 5.63. The Balaban J connectivity index is 2.31. The van der Waals surface area contributed by atoms with Crippen molar-refractivity contribution in [1.82, 2.24) is 4.90 Å². The largest absolute Gasteiger partial charge is 0.496 e. The lowest BCUT2D eigenvalue weighted by Gasteiger charge is -2.27. The molecular weight excluding hydrogens is 272 g/mol. The van der Waals surface area contributed by atoms with Crippen LogP contribution in [0.25, 0.3) is 0 Å². The summed E-state index contributed by atoms with van der Waals surface area (Å²) < 4.78 is 5.20. The van der Waals surface area contributed by atoms with Crippen LogP contribution in [-0.2, 0) is 0 Å². The van der Waals surface area contributed by atoms with Gasteiger partial charge < -0.3 is 15.4 Å². The van der Waals surface area contributed by atoms with Crippen molar-refractivity contribution in [3.05, 3.63) is 22.7 Å². The summed E-state index contributed by atoms with van der Waals surface area (Å²) in [4.78, 5) is 14.2. The number of thioether (sulfide) groups is 1. The van der Waals surface area contributed by atoms with Gasteiger partial charge in [-0.2, -0.15) is 11.8 Å². The molecule has 1 aliphatic rings. The van der Waals surface area contributed by atoms with Gasteiger partial charge in [-0.15, -0.1) is 0 Å². The van der Waals surface area contributed by atoms with E-state index in [1.807, 2.05) is 16.7 Å². The maximum Gasteiger partial charge on any atom is 0.257 e. The predicted molar refractivity (Wildman–Crippen MR) is 75.6 cm³/mol. The lowest BCUT2D eigenvalue weighted by Crippen LogP contribution is -2.38.